The van der Waals surface area contributed by atoms with Crippen LogP contribution < -0.4 is 10.2 Å². The molecule has 0 unspecified atom stereocenters. The number of aryl methyl sites for hydroxylation is 1. The summed E-state index contributed by atoms with van der Waals surface area (Å²) in [7, 11) is 1.98. The summed E-state index contributed by atoms with van der Waals surface area (Å²) in [5.41, 5.74) is 5.58. The van der Waals surface area contributed by atoms with Gasteiger partial charge in [-0.2, -0.15) is 0 Å². The summed E-state index contributed by atoms with van der Waals surface area (Å²) in [6, 6.07) is 15.5. The van der Waals surface area contributed by atoms with Crippen LogP contribution in [0.15, 0.2) is 46.9 Å². The highest BCUT2D eigenvalue weighted by molar-refractivity contribution is 9.10. The average Bonchev–Trinajstić information content (AvgIpc) is 2.71. The normalized spacial score (nSPS) is 14.7. The Hall–Kier alpha value is -1.32. The fourth-order valence-corrected chi connectivity index (χ4v) is 3.49. The van der Waals surface area contributed by atoms with Crippen molar-refractivity contribution in [2.45, 2.75) is 25.9 Å². The zero-order valence-electron chi connectivity index (χ0n) is 12.4. The Kier molecular flexibility index (Phi) is 4.61. The van der Waals surface area contributed by atoms with E-state index < -0.39 is 0 Å². The van der Waals surface area contributed by atoms with Crippen molar-refractivity contribution in [3.05, 3.63) is 63.6 Å². The van der Waals surface area contributed by atoms with Crippen LogP contribution in [-0.2, 0) is 19.5 Å². The van der Waals surface area contributed by atoms with E-state index in [9.17, 15) is 0 Å². The molecule has 0 bridgehead atoms. The van der Waals surface area contributed by atoms with Crippen LogP contribution in [-0.4, -0.2) is 13.6 Å². The predicted octanol–water partition coefficient (Wildman–Crippen LogP) is 4.12. The van der Waals surface area contributed by atoms with Gasteiger partial charge >= 0.3 is 0 Å². The van der Waals surface area contributed by atoms with Crippen LogP contribution in [0.5, 0.6) is 0 Å². The Morgan fingerprint density at radius 2 is 1.95 bits per heavy atom. The van der Waals surface area contributed by atoms with Gasteiger partial charge in [0.1, 0.15) is 0 Å². The molecule has 110 valence electrons. The molecule has 0 saturated heterocycles. The van der Waals surface area contributed by atoms with Gasteiger partial charge in [-0.1, -0.05) is 46.3 Å². The van der Waals surface area contributed by atoms with E-state index in [1.165, 1.54) is 39.7 Å². The fourth-order valence-electron chi connectivity index (χ4n) is 2.99. The number of anilines is 1. The van der Waals surface area contributed by atoms with E-state index in [1.54, 1.807) is 0 Å². The van der Waals surface area contributed by atoms with E-state index in [2.05, 4.69) is 68.6 Å². The lowest BCUT2D eigenvalue weighted by molar-refractivity contribution is 0.764. The summed E-state index contributed by atoms with van der Waals surface area (Å²) >= 11 is 3.70. The summed E-state index contributed by atoms with van der Waals surface area (Å²) in [5, 5.41) is 3.20. The fraction of sp³-hybridized carbons (Fsp3) is 0.333. The third-order valence-corrected chi connectivity index (χ3v) is 4.86. The second kappa shape index (κ2) is 6.63. The minimum Gasteiger partial charge on any atom is -0.367 e. The molecule has 0 aromatic heterocycles. The molecule has 0 fully saturated rings. The molecule has 21 heavy (non-hydrogen) atoms. The summed E-state index contributed by atoms with van der Waals surface area (Å²) in [6.45, 7) is 3.02. The summed E-state index contributed by atoms with van der Waals surface area (Å²) < 4.78 is 1.19. The van der Waals surface area contributed by atoms with Crippen molar-refractivity contribution in [1.82, 2.24) is 5.32 Å². The number of fused-ring (bicyclic) bond motifs is 1. The number of nitrogens with zero attached hydrogens (tertiary/aromatic N) is 1. The Morgan fingerprint density at radius 1 is 1.14 bits per heavy atom. The van der Waals surface area contributed by atoms with Crippen molar-refractivity contribution < 1.29 is 0 Å². The first kappa shape index (κ1) is 14.6. The van der Waals surface area contributed by atoms with Crippen LogP contribution >= 0.6 is 15.9 Å². The lowest BCUT2D eigenvalue weighted by atomic mass is 10.0. The lowest BCUT2D eigenvalue weighted by Gasteiger charge is -2.24. The Morgan fingerprint density at radius 3 is 2.71 bits per heavy atom. The third-order valence-electron chi connectivity index (χ3n) is 4.12. The molecule has 2 aromatic rings. The summed E-state index contributed by atoms with van der Waals surface area (Å²) in [4.78, 5) is 2.49. The second-order valence-corrected chi connectivity index (χ2v) is 6.45. The highest BCUT2D eigenvalue weighted by Gasteiger charge is 2.15. The number of halogens is 1. The van der Waals surface area contributed by atoms with Crippen molar-refractivity contribution in [2.75, 3.05) is 18.5 Å². The topological polar surface area (TPSA) is 15.3 Å². The molecule has 1 aliphatic rings. The van der Waals surface area contributed by atoms with Crippen LogP contribution in [0.3, 0.4) is 0 Å². The first-order chi connectivity index (χ1) is 10.3. The Labute approximate surface area is 135 Å². The van der Waals surface area contributed by atoms with E-state index in [-0.39, 0.29) is 0 Å². The zero-order chi connectivity index (χ0) is 14.7. The number of nitrogens with one attached hydrogen (secondary N) is 1. The largest absolute Gasteiger partial charge is 0.367 e. The zero-order valence-corrected chi connectivity index (χ0v) is 14.0. The maximum absolute atomic E-state index is 3.70. The van der Waals surface area contributed by atoms with Crippen molar-refractivity contribution in [3.8, 4) is 0 Å². The van der Waals surface area contributed by atoms with E-state index in [0.29, 0.717) is 0 Å². The molecule has 0 aliphatic carbocycles. The van der Waals surface area contributed by atoms with Gasteiger partial charge in [0.2, 0.25) is 0 Å². The molecule has 0 amide bonds. The van der Waals surface area contributed by atoms with Crippen molar-refractivity contribution in [2.24, 2.45) is 0 Å². The molecule has 1 aliphatic heterocycles. The van der Waals surface area contributed by atoms with Crippen molar-refractivity contribution in [1.29, 1.82) is 0 Å². The van der Waals surface area contributed by atoms with Crippen LogP contribution in [0.4, 0.5) is 5.69 Å². The van der Waals surface area contributed by atoms with Crippen LogP contribution in [0, 0.1) is 0 Å². The molecular weight excluding hydrogens is 324 g/mol. The van der Waals surface area contributed by atoms with E-state index in [4.69, 9.17) is 0 Å². The Balaban J connectivity index is 1.85. The van der Waals surface area contributed by atoms with Crippen LogP contribution in [0.1, 0.15) is 23.1 Å². The standard InChI is InChI=1S/C18H21BrN2/c1-20-12-15-8-9-17(11-18(15)19)21-10-4-7-14-5-2-3-6-16(14)13-21/h2-3,5-6,8-9,11,20H,4,7,10,12-13H2,1H3. The number of benzene rings is 2. The van der Waals surface area contributed by atoms with Crippen molar-refractivity contribution >= 4 is 21.6 Å². The highest BCUT2D eigenvalue weighted by Crippen LogP contribution is 2.28. The van der Waals surface area contributed by atoms with Gasteiger partial charge in [0.05, 0.1) is 0 Å². The molecule has 2 nitrogen and oxygen atoms in total. The van der Waals surface area contributed by atoms with Gasteiger partial charge in [-0.15, -0.1) is 0 Å². The smallest absolute Gasteiger partial charge is 0.0432 e. The summed E-state index contributed by atoms with van der Waals surface area (Å²) in [5.74, 6) is 0. The SMILES string of the molecule is CNCc1ccc(N2CCCc3ccccc3C2)cc1Br. The monoisotopic (exact) mass is 344 g/mol. The first-order valence-corrected chi connectivity index (χ1v) is 8.32. The molecule has 3 rings (SSSR count). The minimum atomic E-state index is 0.893. The van der Waals surface area contributed by atoms with Gasteiger partial charge in [-0.3, -0.25) is 0 Å². The lowest BCUT2D eigenvalue weighted by Crippen LogP contribution is -2.22. The molecule has 1 N–H and O–H groups in total. The maximum Gasteiger partial charge on any atom is 0.0432 e. The molecule has 0 spiro atoms. The predicted molar refractivity (Wildman–Crippen MR) is 92.7 cm³/mol. The van der Waals surface area contributed by atoms with Gasteiger partial charge in [0.15, 0.2) is 0 Å². The van der Waals surface area contributed by atoms with Gasteiger partial charge < -0.3 is 10.2 Å². The molecule has 0 atom stereocenters. The highest BCUT2D eigenvalue weighted by atomic mass is 79.9. The van der Waals surface area contributed by atoms with Gasteiger partial charge in [0.25, 0.3) is 0 Å². The second-order valence-electron chi connectivity index (χ2n) is 5.60. The number of hydrogen-bond acceptors (Lipinski definition) is 2. The van der Waals surface area contributed by atoms with E-state index in [1.807, 2.05) is 7.05 Å². The molecule has 3 heteroatoms. The van der Waals surface area contributed by atoms with E-state index >= 15 is 0 Å². The number of rotatable bonds is 3. The molecular formula is C18H21BrN2. The minimum absolute atomic E-state index is 0.893. The quantitative estimate of drug-likeness (QED) is 0.900. The molecule has 1 heterocycles. The molecule has 0 saturated carbocycles. The van der Waals surface area contributed by atoms with Gasteiger partial charge in [0, 0.05) is 29.8 Å². The van der Waals surface area contributed by atoms with Gasteiger partial charge in [-0.25, -0.2) is 0 Å². The number of hydrogen-bond donors (Lipinski definition) is 1. The first-order valence-electron chi connectivity index (χ1n) is 7.52. The average molecular weight is 345 g/mol. The third kappa shape index (κ3) is 3.30. The van der Waals surface area contributed by atoms with Crippen LogP contribution in [0.25, 0.3) is 0 Å². The van der Waals surface area contributed by atoms with Gasteiger partial charge in [-0.05, 0) is 48.7 Å². The van der Waals surface area contributed by atoms with Crippen LogP contribution in [0.2, 0.25) is 0 Å². The van der Waals surface area contributed by atoms with Crippen molar-refractivity contribution in [3.63, 3.8) is 0 Å². The van der Waals surface area contributed by atoms with E-state index in [0.717, 1.165) is 19.6 Å². The molecule has 2 aromatic carbocycles. The molecule has 0 radical (unpaired) electrons. The maximum atomic E-state index is 3.70. The Bertz CT molecular complexity index is 624. The summed E-state index contributed by atoms with van der Waals surface area (Å²) in [6.07, 6.45) is 2.40.